The molecule has 0 fully saturated rings. The van der Waals surface area contributed by atoms with Gasteiger partial charge in [-0.2, -0.15) is 0 Å². The van der Waals surface area contributed by atoms with Gasteiger partial charge in [0.25, 0.3) is 0 Å². The van der Waals surface area contributed by atoms with Gasteiger partial charge in [-0.05, 0) is 23.8 Å². The number of fused-ring (bicyclic) bond motifs is 1. The second-order valence-electron chi connectivity index (χ2n) is 3.91. The minimum Gasteiger partial charge on any atom is -0.472 e. The van der Waals surface area contributed by atoms with Crippen LogP contribution in [0.25, 0.3) is 10.9 Å². The molecule has 1 N–H and O–H groups in total. The Hall–Kier alpha value is -2.13. The largest absolute Gasteiger partial charge is 0.472 e. The SMILES string of the molecule is OC(c1ccoc1)c1ccc2cccnc2c1. The molecular formula is C14H11NO2. The van der Waals surface area contributed by atoms with Crippen LogP contribution < -0.4 is 0 Å². The van der Waals surface area contributed by atoms with E-state index in [1.807, 2.05) is 30.3 Å². The third kappa shape index (κ3) is 1.81. The highest BCUT2D eigenvalue weighted by Gasteiger charge is 2.11. The van der Waals surface area contributed by atoms with E-state index in [1.165, 1.54) is 0 Å². The van der Waals surface area contributed by atoms with E-state index in [0.29, 0.717) is 0 Å². The topological polar surface area (TPSA) is 46.3 Å². The maximum absolute atomic E-state index is 10.2. The summed E-state index contributed by atoms with van der Waals surface area (Å²) in [6, 6.07) is 11.4. The molecule has 1 unspecified atom stereocenters. The molecule has 3 heteroatoms. The Bertz CT molecular complexity index is 632. The van der Waals surface area contributed by atoms with E-state index < -0.39 is 6.10 Å². The number of nitrogens with zero attached hydrogens (tertiary/aromatic N) is 1. The highest BCUT2D eigenvalue weighted by atomic mass is 16.3. The average molecular weight is 225 g/mol. The van der Waals surface area contributed by atoms with Crippen LogP contribution in [0.3, 0.4) is 0 Å². The molecule has 0 spiro atoms. The first-order valence-corrected chi connectivity index (χ1v) is 5.39. The molecule has 0 radical (unpaired) electrons. The molecule has 0 saturated heterocycles. The number of rotatable bonds is 2. The molecule has 0 aliphatic carbocycles. The van der Waals surface area contributed by atoms with Crippen molar-refractivity contribution in [1.82, 2.24) is 4.98 Å². The molecule has 0 bridgehead atoms. The molecule has 0 amide bonds. The molecule has 1 atom stereocenters. The summed E-state index contributed by atoms with van der Waals surface area (Å²) in [5.74, 6) is 0. The first-order valence-electron chi connectivity index (χ1n) is 5.39. The van der Waals surface area contributed by atoms with Gasteiger partial charge in [0, 0.05) is 17.1 Å². The summed E-state index contributed by atoms with van der Waals surface area (Å²) in [5.41, 5.74) is 2.45. The zero-order valence-corrected chi connectivity index (χ0v) is 9.08. The Morgan fingerprint density at radius 2 is 2.06 bits per heavy atom. The van der Waals surface area contributed by atoms with Crippen molar-refractivity contribution in [1.29, 1.82) is 0 Å². The van der Waals surface area contributed by atoms with Crippen molar-refractivity contribution in [2.45, 2.75) is 6.10 Å². The Morgan fingerprint density at radius 3 is 2.88 bits per heavy atom. The number of hydrogen-bond acceptors (Lipinski definition) is 3. The first kappa shape index (κ1) is 10.1. The third-order valence-electron chi connectivity index (χ3n) is 2.80. The Balaban J connectivity index is 2.06. The van der Waals surface area contributed by atoms with E-state index in [-0.39, 0.29) is 0 Å². The van der Waals surface area contributed by atoms with Crippen LogP contribution in [0, 0.1) is 0 Å². The predicted octanol–water partition coefficient (Wildman–Crippen LogP) is 2.91. The lowest BCUT2D eigenvalue weighted by Crippen LogP contribution is -1.97. The molecule has 1 aromatic carbocycles. The van der Waals surface area contributed by atoms with Gasteiger partial charge in [-0.1, -0.05) is 18.2 Å². The Labute approximate surface area is 98.3 Å². The van der Waals surface area contributed by atoms with Gasteiger partial charge in [-0.15, -0.1) is 0 Å². The molecule has 0 aliphatic heterocycles. The fourth-order valence-electron chi connectivity index (χ4n) is 1.88. The molecule has 2 aromatic heterocycles. The summed E-state index contributed by atoms with van der Waals surface area (Å²) in [6.07, 6.45) is 4.18. The van der Waals surface area contributed by atoms with Crippen LogP contribution in [0.5, 0.6) is 0 Å². The van der Waals surface area contributed by atoms with Gasteiger partial charge in [-0.3, -0.25) is 4.98 Å². The van der Waals surface area contributed by atoms with Gasteiger partial charge in [0.05, 0.1) is 18.0 Å². The summed E-state index contributed by atoms with van der Waals surface area (Å²) in [5, 5.41) is 11.2. The Kier molecular flexibility index (Phi) is 2.38. The number of aromatic nitrogens is 1. The van der Waals surface area contributed by atoms with E-state index in [1.54, 1.807) is 24.8 Å². The normalized spacial score (nSPS) is 12.8. The van der Waals surface area contributed by atoms with Gasteiger partial charge >= 0.3 is 0 Å². The highest BCUT2D eigenvalue weighted by Crippen LogP contribution is 2.24. The Morgan fingerprint density at radius 1 is 1.12 bits per heavy atom. The minimum absolute atomic E-state index is 0.667. The van der Waals surface area contributed by atoms with Crippen molar-refractivity contribution in [3.05, 3.63) is 66.2 Å². The zero-order valence-electron chi connectivity index (χ0n) is 9.08. The third-order valence-corrected chi connectivity index (χ3v) is 2.80. The van der Waals surface area contributed by atoms with E-state index in [4.69, 9.17) is 4.42 Å². The number of hydrogen-bond donors (Lipinski definition) is 1. The van der Waals surface area contributed by atoms with E-state index in [9.17, 15) is 5.11 Å². The fourth-order valence-corrected chi connectivity index (χ4v) is 1.88. The average Bonchev–Trinajstić information content (AvgIpc) is 2.91. The lowest BCUT2D eigenvalue weighted by molar-refractivity contribution is 0.219. The van der Waals surface area contributed by atoms with Crippen molar-refractivity contribution >= 4 is 10.9 Å². The molecule has 84 valence electrons. The smallest absolute Gasteiger partial charge is 0.107 e. The fraction of sp³-hybridized carbons (Fsp3) is 0.0714. The van der Waals surface area contributed by atoms with Crippen LogP contribution in [0.4, 0.5) is 0 Å². The van der Waals surface area contributed by atoms with Gasteiger partial charge in [0.2, 0.25) is 0 Å². The standard InChI is InChI=1S/C14H11NO2/c16-14(12-5-7-17-9-12)11-4-3-10-2-1-6-15-13(10)8-11/h1-9,14,16H. The van der Waals surface area contributed by atoms with Crippen molar-refractivity contribution in [3.8, 4) is 0 Å². The van der Waals surface area contributed by atoms with Crippen molar-refractivity contribution < 1.29 is 9.52 Å². The molecule has 3 aromatic rings. The van der Waals surface area contributed by atoms with E-state index >= 15 is 0 Å². The number of furan rings is 1. The summed E-state index contributed by atoms with van der Waals surface area (Å²) in [7, 11) is 0. The van der Waals surface area contributed by atoms with Gasteiger partial charge < -0.3 is 9.52 Å². The van der Waals surface area contributed by atoms with Crippen molar-refractivity contribution in [3.63, 3.8) is 0 Å². The molecule has 3 nitrogen and oxygen atoms in total. The molecule has 2 heterocycles. The molecule has 0 aliphatic rings. The number of pyridine rings is 1. The zero-order chi connectivity index (χ0) is 11.7. The minimum atomic E-state index is -0.667. The van der Waals surface area contributed by atoms with Gasteiger partial charge in [-0.25, -0.2) is 0 Å². The summed E-state index contributed by atoms with van der Waals surface area (Å²) >= 11 is 0. The maximum Gasteiger partial charge on any atom is 0.107 e. The summed E-state index contributed by atoms with van der Waals surface area (Å²) in [4.78, 5) is 4.27. The van der Waals surface area contributed by atoms with Crippen LogP contribution >= 0.6 is 0 Å². The van der Waals surface area contributed by atoms with E-state index in [2.05, 4.69) is 4.98 Å². The molecule has 17 heavy (non-hydrogen) atoms. The van der Waals surface area contributed by atoms with E-state index in [0.717, 1.165) is 22.0 Å². The summed E-state index contributed by atoms with van der Waals surface area (Å²) < 4.78 is 4.97. The monoisotopic (exact) mass is 225 g/mol. The van der Waals surface area contributed by atoms with Crippen molar-refractivity contribution in [2.24, 2.45) is 0 Å². The molecular weight excluding hydrogens is 214 g/mol. The van der Waals surface area contributed by atoms with Crippen LogP contribution in [0.1, 0.15) is 17.2 Å². The quantitative estimate of drug-likeness (QED) is 0.729. The van der Waals surface area contributed by atoms with Crippen LogP contribution in [-0.4, -0.2) is 10.1 Å². The van der Waals surface area contributed by atoms with Crippen LogP contribution in [-0.2, 0) is 0 Å². The van der Waals surface area contributed by atoms with Gasteiger partial charge in [0.1, 0.15) is 6.10 Å². The van der Waals surface area contributed by atoms with Crippen molar-refractivity contribution in [2.75, 3.05) is 0 Å². The lowest BCUT2D eigenvalue weighted by Gasteiger charge is -2.09. The van der Waals surface area contributed by atoms with Crippen LogP contribution in [0.2, 0.25) is 0 Å². The second-order valence-corrected chi connectivity index (χ2v) is 3.91. The van der Waals surface area contributed by atoms with Gasteiger partial charge in [0.15, 0.2) is 0 Å². The number of aliphatic hydroxyl groups is 1. The number of aliphatic hydroxyl groups excluding tert-OH is 1. The predicted molar refractivity (Wildman–Crippen MR) is 64.5 cm³/mol. The first-order chi connectivity index (χ1) is 8.34. The summed E-state index contributed by atoms with van der Waals surface area (Å²) in [6.45, 7) is 0. The molecule has 0 saturated carbocycles. The van der Waals surface area contributed by atoms with Crippen LogP contribution in [0.15, 0.2) is 59.5 Å². The highest BCUT2D eigenvalue weighted by molar-refractivity contribution is 5.79. The lowest BCUT2D eigenvalue weighted by atomic mass is 10.0. The molecule has 3 rings (SSSR count). The second kappa shape index (κ2) is 4.03. The number of benzene rings is 1. The maximum atomic E-state index is 10.2.